The first-order valence-corrected chi connectivity index (χ1v) is 10.1. The lowest BCUT2D eigenvalue weighted by Gasteiger charge is -2.07. The van der Waals surface area contributed by atoms with E-state index in [2.05, 4.69) is 4.72 Å². The Balaban J connectivity index is 1.98. The number of hydrogen-bond donors (Lipinski definition) is 2. The predicted octanol–water partition coefficient (Wildman–Crippen LogP) is 5.52. The van der Waals surface area contributed by atoms with Gasteiger partial charge in [0.25, 0.3) is 0 Å². The highest BCUT2D eigenvalue weighted by Gasteiger charge is 2.19. The second kappa shape index (κ2) is 7.61. The first-order valence-electron chi connectivity index (χ1n) is 7.74. The number of anilines is 1. The fourth-order valence-electron chi connectivity index (χ4n) is 2.43. The van der Waals surface area contributed by atoms with Crippen molar-refractivity contribution in [3.8, 4) is 10.4 Å². The third kappa shape index (κ3) is 3.82. The van der Waals surface area contributed by atoms with Crippen LogP contribution in [0.15, 0.2) is 53.4 Å². The molecule has 0 aliphatic carbocycles. The van der Waals surface area contributed by atoms with Crippen molar-refractivity contribution < 1.29 is 14.1 Å². The van der Waals surface area contributed by atoms with Crippen LogP contribution in [0.25, 0.3) is 10.4 Å². The van der Waals surface area contributed by atoms with E-state index in [9.17, 15) is 14.1 Å². The monoisotopic (exact) mass is 405 g/mol. The number of benzene rings is 2. The van der Waals surface area contributed by atoms with Crippen LogP contribution in [0.1, 0.15) is 20.8 Å². The molecule has 4 nitrogen and oxygen atoms in total. The third-order valence-corrected chi connectivity index (χ3v) is 6.72. The average Bonchev–Trinajstić information content (AvgIpc) is 3.01. The summed E-state index contributed by atoms with van der Waals surface area (Å²) >= 11 is 7.30. The van der Waals surface area contributed by atoms with Crippen molar-refractivity contribution in [1.29, 1.82) is 0 Å². The van der Waals surface area contributed by atoms with Crippen molar-refractivity contribution >= 4 is 45.6 Å². The Morgan fingerprint density at radius 2 is 1.85 bits per heavy atom. The highest BCUT2D eigenvalue weighted by atomic mass is 35.5. The first-order chi connectivity index (χ1) is 12.4. The number of aryl methyl sites for hydroxylation is 2. The van der Waals surface area contributed by atoms with E-state index in [1.807, 2.05) is 38.1 Å². The minimum Gasteiger partial charge on any atom is -0.477 e. The quantitative estimate of drug-likeness (QED) is 0.587. The van der Waals surface area contributed by atoms with E-state index >= 15 is 0 Å². The third-order valence-electron chi connectivity index (χ3n) is 3.88. The van der Waals surface area contributed by atoms with Crippen molar-refractivity contribution in [2.24, 2.45) is 0 Å². The van der Waals surface area contributed by atoms with Crippen LogP contribution in [-0.4, -0.2) is 15.3 Å². The maximum atomic E-state index is 12.6. The molecule has 26 heavy (non-hydrogen) atoms. The summed E-state index contributed by atoms with van der Waals surface area (Å²) in [5, 5.41) is 10.1. The smallest absolute Gasteiger partial charge is 0.348 e. The number of hydrogen-bond acceptors (Lipinski definition) is 3. The van der Waals surface area contributed by atoms with E-state index in [0.29, 0.717) is 15.6 Å². The SMILES string of the molecule is Cc1ccc(-c2cc(NS(=O)c3ccccc3C)c(C(=O)O)s2)cc1Cl. The molecule has 0 amide bonds. The Bertz CT molecular complexity index is 1010. The van der Waals surface area contributed by atoms with Gasteiger partial charge in [-0.3, -0.25) is 4.72 Å². The van der Waals surface area contributed by atoms with Gasteiger partial charge in [0, 0.05) is 9.90 Å². The normalized spacial score (nSPS) is 12.0. The lowest BCUT2D eigenvalue weighted by Crippen LogP contribution is -2.08. The topological polar surface area (TPSA) is 66.4 Å². The van der Waals surface area contributed by atoms with Crippen molar-refractivity contribution in [3.05, 3.63) is 69.6 Å². The molecule has 0 spiro atoms. The molecule has 2 N–H and O–H groups in total. The number of nitrogens with one attached hydrogen (secondary N) is 1. The molecule has 1 unspecified atom stereocenters. The Labute approximate surface area is 163 Å². The van der Waals surface area contributed by atoms with Crippen LogP contribution in [0.2, 0.25) is 5.02 Å². The molecule has 2 aromatic carbocycles. The molecule has 7 heteroatoms. The molecule has 1 atom stereocenters. The maximum Gasteiger partial charge on any atom is 0.348 e. The molecule has 1 heterocycles. The Kier molecular flexibility index (Phi) is 5.46. The van der Waals surface area contributed by atoms with Gasteiger partial charge in [-0.25, -0.2) is 9.00 Å². The fourth-order valence-corrected chi connectivity index (χ4v) is 4.66. The molecule has 0 radical (unpaired) electrons. The summed E-state index contributed by atoms with van der Waals surface area (Å²) in [6.45, 7) is 3.77. The van der Waals surface area contributed by atoms with Gasteiger partial charge in [0.2, 0.25) is 0 Å². The van der Waals surface area contributed by atoms with E-state index in [4.69, 9.17) is 11.6 Å². The molecule has 0 bridgehead atoms. The van der Waals surface area contributed by atoms with Gasteiger partial charge >= 0.3 is 5.97 Å². The maximum absolute atomic E-state index is 12.6. The average molecular weight is 406 g/mol. The van der Waals surface area contributed by atoms with Crippen molar-refractivity contribution in [2.75, 3.05) is 4.72 Å². The van der Waals surface area contributed by atoms with Crippen LogP contribution in [0.3, 0.4) is 0 Å². The van der Waals surface area contributed by atoms with Gasteiger partial charge in [-0.1, -0.05) is 41.9 Å². The number of rotatable bonds is 5. The van der Waals surface area contributed by atoms with Gasteiger partial charge < -0.3 is 5.11 Å². The van der Waals surface area contributed by atoms with E-state index < -0.39 is 17.0 Å². The molecule has 0 saturated carbocycles. The predicted molar refractivity (Wildman–Crippen MR) is 108 cm³/mol. The van der Waals surface area contributed by atoms with Crippen molar-refractivity contribution in [1.82, 2.24) is 0 Å². The standard InChI is InChI=1S/C19H16ClNO3S2/c1-11-7-8-13(9-14(11)20)16-10-15(18(25-16)19(22)23)21-26(24)17-6-4-3-5-12(17)2/h3-10,21H,1-2H3,(H,22,23). The summed E-state index contributed by atoms with van der Waals surface area (Å²) in [5.41, 5.74) is 2.97. The fraction of sp³-hybridized carbons (Fsp3) is 0.105. The number of carboxylic acids is 1. The molecule has 0 aliphatic rings. The lowest BCUT2D eigenvalue weighted by molar-refractivity contribution is 0.0703. The second-order valence-corrected chi connectivity index (χ2v) is 8.40. The van der Waals surface area contributed by atoms with Gasteiger partial charge in [0.05, 0.1) is 10.6 Å². The number of carbonyl (C=O) groups is 1. The zero-order valence-corrected chi connectivity index (χ0v) is 16.5. The van der Waals surface area contributed by atoms with Gasteiger partial charge in [0.1, 0.15) is 4.88 Å². The zero-order valence-electron chi connectivity index (χ0n) is 14.1. The largest absolute Gasteiger partial charge is 0.477 e. The minimum atomic E-state index is -1.56. The summed E-state index contributed by atoms with van der Waals surface area (Å²) in [4.78, 5) is 13.1. The molecule has 134 valence electrons. The molecule has 0 saturated heterocycles. The number of thiophene rings is 1. The highest BCUT2D eigenvalue weighted by molar-refractivity contribution is 7.86. The summed E-state index contributed by atoms with van der Waals surface area (Å²) < 4.78 is 15.5. The van der Waals surface area contributed by atoms with Crippen LogP contribution >= 0.6 is 22.9 Å². The molecule has 3 aromatic rings. The summed E-state index contributed by atoms with van der Waals surface area (Å²) in [7, 11) is -1.56. The van der Waals surface area contributed by atoms with Gasteiger partial charge in [0.15, 0.2) is 11.0 Å². The van der Waals surface area contributed by atoms with Crippen molar-refractivity contribution in [2.45, 2.75) is 18.7 Å². The van der Waals surface area contributed by atoms with Crippen LogP contribution in [0.5, 0.6) is 0 Å². The van der Waals surface area contributed by atoms with E-state index in [-0.39, 0.29) is 4.88 Å². The number of halogens is 1. The van der Waals surface area contributed by atoms with Crippen LogP contribution in [0.4, 0.5) is 5.69 Å². The highest BCUT2D eigenvalue weighted by Crippen LogP contribution is 2.37. The number of carboxylic acid groups (broad SMARTS) is 1. The zero-order chi connectivity index (χ0) is 18.8. The molecule has 0 fully saturated rings. The molecular formula is C19H16ClNO3S2. The Morgan fingerprint density at radius 3 is 2.50 bits per heavy atom. The summed E-state index contributed by atoms with van der Waals surface area (Å²) in [6, 6.07) is 14.6. The Morgan fingerprint density at radius 1 is 1.12 bits per heavy atom. The van der Waals surface area contributed by atoms with Gasteiger partial charge in [-0.15, -0.1) is 11.3 Å². The van der Waals surface area contributed by atoms with E-state index in [0.717, 1.165) is 32.9 Å². The van der Waals surface area contributed by atoms with Crippen LogP contribution in [0, 0.1) is 13.8 Å². The Hall–Kier alpha value is -2.15. The van der Waals surface area contributed by atoms with E-state index in [1.165, 1.54) is 0 Å². The summed E-state index contributed by atoms with van der Waals surface area (Å²) in [6.07, 6.45) is 0. The van der Waals surface area contributed by atoms with Crippen molar-refractivity contribution in [3.63, 3.8) is 0 Å². The van der Waals surface area contributed by atoms with E-state index in [1.54, 1.807) is 24.3 Å². The minimum absolute atomic E-state index is 0.110. The first kappa shape index (κ1) is 18.6. The second-order valence-electron chi connectivity index (χ2n) is 5.76. The molecule has 0 aliphatic heterocycles. The molecule has 3 rings (SSSR count). The molecule has 1 aromatic heterocycles. The van der Waals surface area contributed by atoms with Gasteiger partial charge in [-0.2, -0.15) is 0 Å². The van der Waals surface area contributed by atoms with Crippen LogP contribution in [-0.2, 0) is 11.0 Å². The summed E-state index contributed by atoms with van der Waals surface area (Å²) in [5.74, 6) is -1.07. The molecular weight excluding hydrogens is 390 g/mol. The number of aromatic carboxylic acids is 1. The lowest BCUT2D eigenvalue weighted by atomic mass is 10.1. The van der Waals surface area contributed by atoms with Gasteiger partial charge in [-0.05, 0) is 48.7 Å². The van der Waals surface area contributed by atoms with Crippen LogP contribution < -0.4 is 4.72 Å².